The number of rotatable bonds is 5. The van der Waals surface area contributed by atoms with Gasteiger partial charge in [0.25, 0.3) is 0 Å². The standard InChI is InChI=1S/C19H18ClF4N3OS/c1-17(2,3)29(28)27-18(6-7-25,16-5-4-14(20)11-26-16)12-8-13(19(22,23)24)10-15(21)9-12/h4-5,8-11,27H,6H2,1-3H3/t18-,29-/m0/s1. The molecule has 1 aromatic carbocycles. The molecule has 0 fully saturated rings. The van der Waals surface area contributed by atoms with Crippen molar-refractivity contribution in [1.82, 2.24) is 9.71 Å². The number of aromatic nitrogens is 1. The Morgan fingerprint density at radius 2 is 1.79 bits per heavy atom. The lowest BCUT2D eigenvalue weighted by atomic mass is 9.83. The molecule has 0 radical (unpaired) electrons. The van der Waals surface area contributed by atoms with Gasteiger partial charge in [0.1, 0.15) is 16.1 Å². The Bertz CT molecular complexity index is 910. The first-order valence-corrected chi connectivity index (χ1v) is 9.89. The van der Waals surface area contributed by atoms with Crippen LogP contribution in [-0.2, 0) is 23.1 Å². The van der Waals surface area contributed by atoms with Gasteiger partial charge in [0, 0.05) is 17.6 Å². The van der Waals surface area contributed by atoms with Gasteiger partial charge in [-0.05, 0) is 56.7 Å². The van der Waals surface area contributed by atoms with Crippen molar-refractivity contribution in [2.75, 3.05) is 0 Å². The maximum Gasteiger partial charge on any atom is 0.416 e. The minimum absolute atomic E-state index is 0.0831. The van der Waals surface area contributed by atoms with Crippen molar-refractivity contribution < 1.29 is 22.1 Å². The summed E-state index contributed by atoms with van der Waals surface area (Å²) in [6, 6.07) is 6.66. The molecular weight excluding hydrogens is 430 g/mol. The van der Waals surface area contributed by atoms with E-state index < -0.39 is 45.6 Å². The zero-order valence-electron chi connectivity index (χ0n) is 15.8. The van der Waals surface area contributed by atoms with E-state index in [9.17, 15) is 27.4 Å². The molecule has 0 amide bonds. The summed E-state index contributed by atoms with van der Waals surface area (Å²) in [6.45, 7) is 4.94. The van der Waals surface area contributed by atoms with Crippen LogP contribution in [0.3, 0.4) is 0 Å². The molecule has 10 heteroatoms. The average molecular weight is 448 g/mol. The molecule has 2 aromatic rings. The summed E-state index contributed by atoms with van der Waals surface area (Å²) < 4.78 is 68.8. The summed E-state index contributed by atoms with van der Waals surface area (Å²) >= 11 is 4.03. The first kappa shape index (κ1) is 23.4. The second-order valence-electron chi connectivity index (χ2n) is 7.31. The van der Waals surface area contributed by atoms with Crippen LogP contribution in [0.4, 0.5) is 17.6 Å². The van der Waals surface area contributed by atoms with Crippen molar-refractivity contribution in [2.24, 2.45) is 0 Å². The molecule has 1 aromatic heterocycles. The highest BCUT2D eigenvalue weighted by molar-refractivity contribution is 7.90. The van der Waals surface area contributed by atoms with E-state index in [-0.39, 0.29) is 16.3 Å². The fourth-order valence-electron chi connectivity index (χ4n) is 2.55. The SMILES string of the molecule is CC(C)(C)[S@+]([O-])N[C@@](CC#N)(c1cc(F)cc(C(F)(F)F)c1)c1ccc(Cl)cn1. The third-order valence-electron chi connectivity index (χ3n) is 4.05. The summed E-state index contributed by atoms with van der Waals surface area (Å²) in [7, 11) is 0. The predicted molar refractivity (Wildman–Crippen MR) is 103 cm³/mol. The monoisotopic (exact) mass is 447 g/mol. The van der Waals surface area contributed by atoms with Crippen LogP contribution in [0, 0.1) is 17.1 Å². The molecule has 0 aliphatic heterocycles. The van der Waals surface area contributed by atoms with E-state index >= 15 is 0 Å². The summed E-state index contributed by atoms with van der Waals surface area (Å²) in [5.74, 6) is -1.14. The third-order valence-corrected chi connectivity index (χ3v) is 5.92. The number of nitriles is 1. The van der Waals surface area contributed by atoms with Crippen LogP contribution in [0.15, 0.2) is 36.5 Å². The Morgan fingerprint density at radius 1 is 1.17 bits per heavy atom. The number of hydrogen-bond donors (Lipinski definition) is 1. The first-order valence-electron chi connectivity index (χ1n) is 8.36. The number of pyridine rings is 1. The van der Waals surface area contributed by atoms with Crippen LogP contribution >= 0.6 is 11.6 Å². The largest absolute Gasteiger partial charge is 0.598 e. The van der Waals surface area contributed by atoms with Gasteiger partial charge in [0.15, 0.2) is 0 Å². The molecule has 0 aliphatic rings. The number of nitrogens with one attached hydrogen (secondary N) is 1. The molecule has 2 atom stereocenters. The number of halogens is 5. The maximum absolute atomic E-state index is 14.2. The lowest BCUT2D eigenvalue weighted by molar-refractivity contribution is -0.137. The second-order valence-corrected chi connectivity index (χ2v) is 9.71. The van der Waals surface area contributed by atoms with Gasteiger partial charge in [0.05, 0.1) is 28.8 Å². The van der Waals surface area contributed by atoms with E-state index in [1.165, 1.54) is 18.3 Å². The first-order chi connectivity index (χ1) is 13.3. The minimum atomic E-state index is -4.81. The van der Waals surface area contributed by atoms with Crippen LogP contribution in [0.25, 0.3) is 0 Å². The van der Waals surface area contributed by atoms with Crippen LogP contribution in [0.5, 0.6) is 0 Å². The summed E-state index contributed by atoms with van der Waals surface area (Å²) in [5, 5.41) is 9.69. The second kappa shape index (κ2) is 8.48. The Balaban J connectivity index is 2.80. The highest BCUT2D eigenvalue weighted by Gasteiger charge is 2.45. The molecule has 0 saturated carbocycles. The fourth-order valence-corrected chi connectivity index (χ4v) is 3.57. The van der Waals surface area contributed by atoms with Gasteiger partial charge in [-0.1, -0.05) is 11.6 Å². The Morgan fingerprint density at radius 3 is 2.28 bits per heavy atom. The van der Waals surface area contributed by atoms with Crippen molar-refractivity contribution in [1.29, 1.82) is 5.26 Å². The number of alkyl halides is 3. The Kier molecular flexibility index (Phi) is 6.85. The van der Waals surface area contributed by atoms with Crippen molar-refractivity contribution >= 4 is 23.0 Å². The quantitative estimate of drug-likeness (QED) is 0.511. The molecule has 0 bridgehead atoms. The number of hydrogen-bond acceptors (Lipinski definition) is 4. The third kappa shape index (κ3) is 5.39. The molecule has 4 nitrogen and oxygen atoms in total. The Hall–Kier alpha value is -1.86. The molecule has 156 valence electrons. The van der Waals surface area contributed by atoms with Gasteiger partial charge in [-0.3, -0.25) is 4.98 Å². The van der Waals surface area contributed by atoms with E-state index in [1.54, 1.807) is 20.8 Å². The minimum Gasteiger partial charge on any atom is -0.598 e. The van der Waals surface area contributed by atoms with Crippen molar-refractivity contribution in [3.8, 4) is 6.07 Å². The maximum atomic E-state index is 14.2. The smallest absolute Gasteiger partial charge is 0.416 e. The van der Waals surface area contributed by atoms with E-state index in [0.29, 0.717) is 6.07 Å². The molecule has 29 heavy (non-hydrogen) atoms. The predicted octanol–water partition coefficient (Wildman–Crippen LogP) is 5.10. The highest BCUT2D eigenvalue weighted by atomic mass is 35.5. The van der Waals surface area contributed by atoms with Crippen molar-refractivity contribution in [2.45, 2.75) is 43.7 Å². The summed E-state index contributed by atoms with van der Waals surface area (Å²) in [4.78, 5) is 4.12. The van der Waals surface area contributed by atoms with E-state index in [1.807, 2.05) is 6.07 Å². The van der Waals surface area contributed by atoms with Gasteiger partial charge in [-0.25, -0.2) is 4.39 Å². The van der Waals surface area contributed by atoms with Gasteiger partial charge >= 0.3 is 6.18 Å². The van der Waals surface area contributed by atoms with Crippen LogP contribution in [-0.4, -0.2) is 14.3 Å². The number of benzene rings is 1. The molecule has 0 aliphatic carbocycles. The van der Waals surface area contributed by atoms with Crippen molar-refractivity contribution in [3.63, 3.8) is 0 Å². The molecule has 0 unspecified atom stereocenters. The molecule has 1 heterocycles. The molecular formula is C19H18ClF4N3OS. The molecule has 1 N–H and O–H groups in total. The lowest BCUT2D eigenvalue weighted by Crippen LogP contribution is -2.52. The van der Waals surface area contributed by atoms with Gasteiger partial charge in [-0.2, -0.15) is 18.4 Å². The zero-order chi connectivity index (χ0) is 22.0. The van der Waals surface area contributed by atoms with Gasteiger partial charge in [-0.15, -0.1) is 4.72 Å². The fraction of sp³-hybridized carbons (Fsp3) is 0.368. The van der Waals surface area contributed by atoms with Crippen LogP contribution < -0.4 is 4.72 Å². The highest BCUT2D eigenvalue weighted by Crippen LogP contribution is 2.38. The topological polar surface area (TPSA) is 71.8 Å². The van der Waals surface area contributed by atoms with Crippen LogP contribution in [0.2, 0.25) is 5.02 Å². The summed E-state index contributed by atoms with van der Waals surface area (Å²) in [6.07, 6.45) is -4.02. The summed E-state index contributed by atoms with van der Waals surface area (Å²) in [5.41, 5.74) is -3.13. The van der Waals surface area contributed by atoms with E-state index in [4.69, 9.17) is 11.6 Å². The normalized spacial score (nSPS) is 15.4. The molecule has 0 saturated heterocycles. The molecule has 2 rings (SSSR count). The molecule has 0 spiro atoms. The zero-order valence-corrected chi connectivity index (χ0v) is 17.3. The van der Waals surface area contributed by atoms with Crippen molar-refractivity contribution in [3.05, 3.63) is 64.2 Å². The average Bonchev–Trinajstić information content (AvgIpc) is 2.59. The van der Waals surface area contributed by atoms with Crippen LogP contribution in [0.1, 0.15) is 44.0 Å². The van der Waals surface area contributed by atoms with E-state index in [2.05, 4.69) is 9.71 Å². The van der Waals surface area contributed by atoms with Gasteiger partial charge in [0.2, 0.25) is 0 Å². The number of nitrogens with zero attached hydrogens (tertiary/aromatic N) is 2. The van der Waals surface area contributed by atoms with E-state index in [0.717, 1.165) is 12.1 Å². The van der Waals surface area contributed by atoms with Gasteiger partial charge < -0.3 is 4.55 Å². The Labute approximate surface area is 174 Å². The lowest BCUT2D eigenvalue weighted by Gasteiger charge is -2.36.